The first-order valence-electron chi connectivity index (χ1n) is 4.31. The molecule has 0 atom stereocenters. The van der Waals surface area contributed by atoms with Crippen LogP contribution in [0.5, 0.6) is 0 Å². The number of hydrogen-bond donors (Lipinski definition) is 0. The van der Waals surface area contributed by atoms with Gasteiger partial charge >= 0.3 is 5.97 Å². The maximum absolute atomic E-state index is 11.1. The van der Waals surface area contributed by atoms with Gasteiger partial charge in [-0.25, -0.2) is 9.78 Å². The molecule has 0 aliphatic rings. The number of esters is 1. The van der Waals surface area contributed by atoms with Crippen molar-refractivity contribution >= 4 is 5.97 Å². The summed E-state index contributed by atoms with van der Waals surface area (Å²) in [5.41, 5.74) is 1.07. The summed E-state index contributed by atoms with van der Waals surface area (Å²) >= 11 is 0. The van der Waals surface area contributed by atoms with Crippen molar-refractivity contribution in [2.24, 2.45) is 0 Å². The fourth-order valence-corrected chi connectivity index (χ4v) is 0.923. The van der Waals surface area contributed by atoms with Gasteiger partial charge in [-0.2, -0.15) is 0 Å². The molecular weight excluding hydrogens is 178 g/mol. The molecule has 0 aliphatic carbocycles. The van der Waals surface area contributed by atoms with Crippen LogP contribution >= 0.6 is 0 Å². The molecule has 14 heavy (non-hydrogen) atoms. The van der Waals surface area contributed by atoms with E-state index in [4.69, 9.17) is 0 Å². The van der Waals surface area contributed by atoms with E-state index in [-0.39, 0.29) is 5.97 Å². The van der Waals surface area contributed by atoms with Crippen LogP contribution in [0, 0.1) is 11.8 Å². The average Bonchev–Trinajstić information content (AvgIpc) is 2.25. The van der Waals surface area contributed by atoms with Crippen LogP contribution in [0.3, 0.4) is 0 Å². The van der Waals surface area contributed by atoms with Crippen LogP contribution in [0.4, 0.5) is 0 Å². The monoisotopic (exact) mass is 189 g/mol. The Hall–Kier alpha value is -1.82. The van der Waals surface area contributed by atoms with E-state index in [1.165, 1.54) is 7.11 Å². The zero-order valence-electron chi connectivity index (χ0n) is 8.20. The molecule has 0 saturated heterocycles. The second-order valence-corrected chi connectivity index (χ2v) is 2.58. The number of pyridine rings is 1. The summed E-state index contributed by atoms with van der Waals surface area (Å²) in [5, 5.41) is 0. The van der Waals surface area contributed by atoms with Gasteiger partial charge in [0, 0.05) is 12.6 Å². The van der Waals surface area contributed by atoms with Crippen molar-refractivity contribution in [2.45, 2.75) is 13.3 Å². The Morgan fingerprint density at radius 1 is 1.64 bits per heavy atom. The van der Waals surface area contributed by atoms with Crippen molar-refractivity contribution in [3.8, 4) is 11.8 Å². The van der Waals surface area contributed by atoms with Crippen LogP contribution < -0.4 is 0 Å². The van der Waals surface area contributed by atoms with Gasteiger partial charge in [-0.15, -0.1) is 0 Å². The lowest BCUT2D eigenvalue weighted by molar-refractivity contribution is 0.0600. The van der Waals surface area contributed by atoms with Gasteiger partial charge in [0.2, 0.25) is 0 Å². The van der Waals surface area contributed by atoms with Crippen molar-refractivity contribution in [2.75, 3.05) is 7.11 Å². The highest BCUT2D eigenvalue weighted by Gasteiger charge is 2.04. The van der Waals surface area contributed by atoms with E-state index in [9.17, 15) is 4.79 Å². The Bertz CT molecular complexity index is 388. The summed E-state index contributed by atoms with van der Waals surface area (Å²) in [4.78, 5) is 15.2. The molecule has 0 bridgehead atoms. The van der Waals surface area contributed by atoms with Gasteiger partial charge < -0.3 is 4.74 Å². The number of nitrogens with zero attached hydrogens (tertiary/aromatic N) is 1. The van der Waals surface area contributed by atoms with Crippen LogP contribution in [-0.2, 0) is 4.74 Å². The minimum atomic E-state index is -0.369. The molecular formula is C11H11NO2. The van der Waals surface area contributed by atoms with Gasteiger partial charge in [0.15, 0.2) is 0 Å². The number of hydrogen-bond acceptors (Lipinski definition) is 3. The summed E-state index contributed by atoms with van der Waals surface area (Å²) in [6, 6.07) is 3.22. The van der Waals surface area contributed by atoms with E-state index >= 15 is 0 Å². The zero-order valence-corrected chi connectivity index (χ0v) is 8.20. The number of rotatable bonds is 1. The minimum absolute atomic E-state index is 0.369. The van der Waals surface area contributed by atoms with E-state index in [1.54, 1.807) is 18.3 Å². The molecule has 0 aliphatic heterocycles. The lowest BCUT2D eigenvalue weighted by Crippen LogP contribution is -2.01. The summed E-state index contributed by atoms with van der Waals surface area (Å²) in [6.45, 7) is 1.96. The molecule has 3 heteroatoms. The highest BCUT2D eigenvalue weighted by atomic mass is 16.5. The number of carbonyl (C=O) groups is 1. The highest BCUT2D eigenvalue weighted by molar-refractivity contribution is 5.89. The fourth-order valence-electron chi connectivity index (χ4n) is 0.923. The molecule has 1 aromatic heterocycles. The molecule has 3 nitrogen and oxygen atoms in total. The predicted molar refractivity (Wildman–Crippen MR) is 52.7 cm³/mol. The van der Waals surface area contributed by atoms with Gasteiger partial charge in [0.05, 0.1) is 12.7 Å². The maximum Gasteiger partial charge on any atom is 0.338 e. The van der Waals surface area contributed by atoms with Crippen LogP contribution in [0.25, 0.3) is 0 Å². The fraction of sp³-hybridized carbons (Fsp3) is 0.273. The first-order valence-corrected chi connectivity index (χ1v) is 4.31. The topological polar surface area (TPSA) is 39.2 Å². The normalized spacial score (nSPS) is 8.71. The molecule has 0 unspecified atom stereocenters. The Labute approximate surface area is 83.1 Å². The van der Waals surface area contributed by atoms with E-state index in [0.29, 0.717) is 11.3 Å². The Kier molecular flexibility index (Phi) is 3.69. The molecule has 0 amide bonds. The quantitative estimate of drug-likeness (QED) is 0.498. The smallest absolute Gasteiger partial charge is 0.338 e. The van der Waals surface area contributed by atoms with Gasteiger partial charge in [0.25, 0.3) is 0 Å². The van der Waals surface area contributed by atoms with Crippen LogP contribution in [-0.4, -0.2) is 18.1 Å². The third-order valence-electron chi connectivity index (χ3n) is 1.57. The molecule has 1 rings (SSSR count). The van der Waals surface area contributed by atoms with Gasteiger partial charge in [-0.05, 0) is 18.1 Å². The van der Waals surface area contributed by atoms with E-state index in [0.717, 1.165) is 6.42 Å². The van der Waals surface area contributed by atoms with Gasteiger partial charge in [0.1, 0.15) is 5.69 Å². The Balaban J connectivity index is 2.95. The lowest BCUT2D eigenvalue weighted by atomic mass is 10.2. The van der Waals surface area contributed by atoms with Crippen molar-refractivity contribution in [1.29, 1.82) is 0 Å². The molecule has 0 spiro atoms. The molecule has 1 heterocycles. The van der Waals surface area contributed by atoms with Gasteiger partial charge in [-0.1, -0.05) is 12.8 Å². The molecule has 0 N–H and O–H groups in total. The number of aromatic nitrogens is 1. The van der Waals surface area contributed by atoms with E-state index < -0.39 is 0 Å². The van der Waals surface area contributed by atoms with Crippen molar-refractivity contribution in [3.05, 3.63) is 29.6 Å². The summed E-state index contributed by atoms with van der Waals surface area (Å²) < 4.78 is 4.58. The second-order valence-electron chi connectivity index (χ2n) is 2.58. The highest BCUT2D eigenvalue weighted by Crippen LogP contribution is 2.02. The Morgan fingerprint density at radius 2 is 2.43 bits per heavy atom. The average molecular weight is 189 g/mol. The third-order valence-corrected chi connectivity index (χ3v) is 1.57. The molecule has 0 fully saturated rings. The maximum atomic E-state index is 11.1. The summed E-state index contributed by atoms with van der Waals surface area (Å²) in [7, 11) is 1.35. The lowest BCUT2D eigenvalue weighted by Gasteiger charge is -1.97. The summed E-state index contributed by atoms with van der Waals surface area (Å²) in [6.07, 6.45) is 2.32. The SMILES string of the molecule is CCC#Cc1cc(C(=O)OC)ccn1. The molecule has 72 valence electrons. The first kappa shape index (κ1) is 10.3. The first-order chi connectivity index (χ1) is 6.77. The number of ether oxygens (including phenoxy) is 1. The molecule has 0 aromatic carbocycles. The standard InChI is InChI=1S/C11H11NO2/c1-3-4-5-10-8-9(6-7-12-10)11(13)14-2/h6-8H,3H2,1-2H3. The molecule has 1 aromatic rings. The van der Waals surface area contributed by atoms with Crippen LogP contribution in [0.15, 0.2) is 18.3 Å². The number of methoxy groups -OCH3 is 1. The van der Waals surface area contributed by atoms with Gasteiger partial charge in [-0.3, -0.25) is 0 Å². The van der Waals surface area contributed by atoms with E-state index in [2.05, 4.69) is 21.6 Å². The Morgan fingerprint density at radius 3 is 3.07 bits per heavy atom. The molecule has 0 radical (unpaired) electrons. The van der Waals surface area contributed by atoms with Crippen LogP contribution in [0.1, 0.15) is 29.4 Å². The van der Waals surface area contributed by atoms with Crippen molar-refractivity contribution in [3.63, 3.8) is 0 Å². The predicted octanol–water partition coefficient (Wildman–Crippen LogP) is 1.63. The third kappa shape index (κ3) is 2.60. The molecule has 0 saturated carbocycles. The van der Waals surface area contributed by atoms with Crippen molar-refractivity contribution < 1.29 is 9.53 Å². The van der Waals surface area contributed by atoms with Crippen molar-refractivity contribution in [1.82, 2.24) is 4.98 Å². The zero-order chi connectivity index (χ0) is 10.4. The number of carbonyl (C=O) groups excluding carboxylic acids is 1. The summed E-state index contributed by atoms with van der Waals surface area (Å²) in [5.74, 6) is 5.36. The van der Waals surface area contributed by atoms with E-state index in [1.807, 2.05) is 6.92 Å². The minimum Gasteiger partial charge on any atom is -0.465 e. The largest absolute Gasteiger partial charge is 0.465 e. The van der Waals surface area contributed by atoms with Crippen LogP contribution in [0.2, 0.25) is 0 Å². The second kappa shape index (κ2) is 5.03.